The Morgan fingerprint density at radius 2 is 1.88 bits per heavy atom. The highest BCUT2D eigenvalue weighted by molar-refractivity contribution is 7.98. The van der Waals surface area contributed by atoms with Crippen LogP contribution in [-0.2, 0) is 10.5 Å². The molecule has 0 aliphatic carbocycles. The molecule has 0 bridgehead atoms. The number of thioether (sulfide) groups is 1. The molecule has 0 unspecified atom stereocenters. The van der Waals surface area contributed by atoms with E-state index in [1.165, 1.54) is 7.11 Å². The maximum atomic E-state index is 12.8. The van der Waals surface area contributed by atoms with Crippen LogP contribution in [-0.4, -0.2) is 36.6 Å². The fourth-order valence-electron chi connectivity index (χ4n) is 2.97. The van der Waals surface area contributed by atoms with Gasteiger partial charge in [0.25, 0.3) is 11.8 Å². The van der Waals surface area contributed by atoms with Crippen LogP contribution in [0.25, 0.3) is 0 Å². The third-order valence-corrected chi connectivity index (χ3v) is 5.46. The second-order valence-corrected chi connectivity index (χ2v) is 8.48. The Morgan fingerprint density at radius 1 is 1.03 bits per heavy atom. The molecule has 3 rings (SSSR count). The average molecular weight is 466 g/mol. The Labute approximate surface area is 197 Å². The molecular formula is C25H27N3O4S. The first-order chi connectivity index (χ1) is 15.9. The molecule has 0 atom stereocenters. The van der Waals surface area contributed by atoms with Crippen molar-refractivity contribution in [3.8, 4) is 11.5 Å². The van der Waals surface area contributed by atoms with Gasteiger partial charge in [-0.3, -0.25) is 9.59 Å². The lowest BCUT2D eigenvalue weighted by molar-refractivity contribution is -0.123. The number of benzene rings is 2. The van der Waals surface area contributed by atoms with Crippen LogP contribution in [0.5, 0.6) is 11.5 Å². The molecule has 1 aromatic heterocycles. The first-order valence-electron chi connectivity index (χ1n) is 10.5. The topological polar surface area (TPSA) is 89.6 Å². The molecule has 2 N–H and O–H groups in total. The summed E-state index contributed by atoms with van der Waals surface area (Å²) in [5.74, 6) is 1.01. The maximum Gasteiger partial charge on any atom is 0.258 e. The van der Waals surface area contributed by atoms with Crippen molar-refractivity contribution in [3.63, 3.8) is 0 Å². The van der Waals surface area contributed by atoms with Crippen molar-refractivity contribution >= 4 is 29.3 Å². The summed E-state index contributed by atoms with van der Waals surface area (Å²) < 4.78 is 10.9. The molecule has 33 heavy (non-hydrogen) atoms. The number of methoxy groups -OCH3 is 1. The summed E-state index contributed by atoms with van der Waals surface area (Å²) in [4.78, 5) is 28.9. The van der Waals surface area contributed by atoms with Crippen LogP contribution in [0.3, 0.4) is 0 Å². The molecule has 2 amide bonds. The fourth-order valence-corrected chi connectivity index (χ4v) is 3.77. The van der Waals surface area contributed by atoms with Gasteiger partial charge in [-0.15, -0.1) is 11.8 Å². The zero-order chi connectivity index (χ0) is 23.6. The van der Waals surface area contributed by atoms with E-state index in [1.54, 1.807) is 36.2 Å². The number of nitrogens with zero attached hydrogens (tertiary/aromatic N) is 1. The number of anilines is 1. The van der Waals surface area contributed by atoms with Crippen LogP contribution in [0.15, 0.2) is 71.9 Å². The predicted octanol–water partition coefficient (Wildman–Crippen LogP) is 4.54. The minimum Gasteiger partial charge on any atom is -0.493 e. The minimum absolute atomic E-state index is 0.0289. The molecule has 0 saturated carbocycles. The highest BCUT2D eigenvalue weighted by Crippen LogP contribution is 2.29. The van der Waals surface area contributed by atoms with E-state index >= 15 is 0 Å². The van der Waals surface area contributed by atoms with Gasteiger partial charge < -0.3 is 20.1 Å². The van der Waals surface area contributed by atoms with Gasteiger partial charge >= 0.3 is 0 Å². The van der Waals surface area contributed by atoms with Gasteiger partial charge in [0.2, 0.25) is 0 Å². The van der Waals surface area contributed by atoms with Crippen molar-refractivity contribution in [1.82, 2.24) is 10.3 Å². The van der Waals surface area contributed by atoms with Crippen LogP contribution in [0.2, 0.25) is 0 Å². The van der Waals surface area contributed by atoms with E-state index in [1.807, 2.05) is 56.3 Å². The molecule has 0 aliphatic rings. The molecule has 0 saturated heterocycles. The van der Waals surface area contributed by atoms with Gasteiger partial charge in [0.15, 0.2) is 18.1 Å². The van der Waals surface area contributed by atoms with E-state index in [9.17, 15) is 9.59 Å². The third kappa shape index (κ3) is 7.54. The average Bonchev–Trinajstić information content (AvgIpc) is 2.81. The number of pyridine rings is 1. The summed E-state index contributed by atoms with van der Waals surface area (Å²) in [6, 6.07) is 18.4. The van der Waals surface area contributed by atoms with Crippen molar-refractivity contribution in [2.75, 3.05) is 19.0 Å². The molecule has 8 heteroatoms. The molecule has 1 heterocycles. The van der Waals surface area contributed by atoms with E-state index in [2.05, 4.69) is 15.6 Å². The van der Waals surface area contributed by atoms with Crippen molar-refractivity contribution < 1.29 is 19.1 Å². The van der Waals surface area contributed by atoms with Gasteiger partial charge in [-0.25, -0.2) is 4.98 Å². The predicted molar refractivity (Wildman–Crippen MR) is 130 cm³/mol. The summed E-state index contributed by atoms with van der Waals surface area (Å²) in [6.45, 7) is 3.62. The van der Waals surface area contributed by atoms with Crippen LogP contribution in [0.1, 0.15) is 29.8 Å². The third-order valence-electron chi connectivity index (χ3n) is 4.44. The minimum atomic E-state index is -0.271. The Balaban J connectivity index is 1.62. The monoisotopic (exact) mass is 465 g/mol. The Kier molecular flexibility index (Phi) is 8.71. The highest BCUT2D eigenvalue weighted by atomic mass is 32.2. The SMILES string of the molecule is COc1cc(C(=O)Nc2cccc(CSc3ccccn3)c2)ccc1OCC(=O)NC(C)C. The van der Waals surface area contributed by atoms with Gasteiger partial charge in [-0.2, -0.15) is 0 Å². The van der Waals surface area contributed by atoms with Gasteiger partial charge in [-0.1, -0.05) is 18.2 Å². The molecule has 0 aliphatic heterocycles. The maximum absolute atomic E-state index is 12.8. The fraction of sp³-hybridized carbons (Fsp3) is 0.240. The van der Waals surface area contributed by atoms with Gasteiger partial charge in [-0.05, 0) is 61.9 Å². The first-order valence-corrected chi connectivity index (χ1v) is 11.5. The van der Waals surface area contributed by atoms with E-state index in [0.717, 1.165) is 16.3 Å². The summed E-state index contributed by atoms with van der Waals surface area (Å²) >= 11 is 1.63. The van der Waals surface area contributed by atoms with Gasteiger partial charge in [0.1, 0.15) is 0 Å². The molecule has 0 fully saturated rings. The lowest BCUT2D eigenvalue weighted by atomic mass is 10.1. The quantitative estimate of drug-likeness (QED) is 0.428. The normalized spacial score (nSPS) is 10.5. The Bertz CT molecular complexity index is 1090. The zero-order valence-corrected chi connectivity index (χ0v) is 19.6. The smallest absolute Gasteiger partial charge is 0.258 e. The Hall–Kier alpha value is -3.52. The van der Waals surface area contributed by atoms with E-state index in [0.29, 0.717) is 22.7 Å². The molecule has 0 radical (unpaired) electrons. The lowest BCUT2D eigenvalue weighted by Crippen LogP contribution is -2.34. The molecule has 3 aromatic rings. The zero-order valence-electron chi connectivity index (χ0n) is 18.8. The summed E-state index contributed by atoms with van der Waals surface area (Å²) in [7, 11) is 1.49. The van der Waals surface area contributed by atoms with E-state index in [-0.39, 0.29) is 24.5 Å². The number of hydrogen-bond donors (Lipinski definition) is 2. The summed E-state index contributed by atoms with van der Waals surface area (Å²) in [6.07, 6.45) is 1.77. The second-order valence-electron chi connectivity index (χ2n) is 7.49. The molecule has 2 aromatic carbocycles. The van der Waals surface area contributed by atoms with E-state index in [4.69, 9.17) is 9.47 Å². The number of rotatable bonds is 10. The number of amides is 2. The first kappa shape index (κ1) is 24.1. The van der Waals surface area contributed by atoms with Crippen molar-refractivity contribution in [1.29, 1.82) is 0 Å². The van der Waals surface area contributed by atoms with Gasteiger partial charge in [0, 0.05) is 29.2 Å². The molecule has 0 spiro atoms. The number of ether oxygens (including phenoxy) is 2. The van der Waals surface area contributed by atoms with Crippen LogP contribution >= 0.6 is 11.8 Å². The number of nitrogens with one attached hydrogen (secondary N) is 2. The molecule has 172 valence electrons. The largest absolute Gasteiger partial charge is 0.493 e. The van der Waals surface area contributed by atoms with Gasteiger partial charge in [0.05, 0.1) is 12.1 Å². The molecular weight excluding hydrogens is 438 g/mol. The number of aromatic nitrogens is 1. The van der Waals surface area contributed by atoms with Crippen LogP contribution in [0, 0.1) is 0 Å². The second kappa shape index (κ2) is 11.9. The standard InChI is InChI=1S/C25H27N3O4S/c1-17(2)27-23(29)15-32-21-11-10-19(14-22(21)31-3)25(30)28-20-8-6-7-18(13-20)16-33-24-9-4-5-12-26-24/h4-14,17H,15-16H2,1-3H3,(H,27,29)(H,28,30). The van der Waals surface area contributed by atoms with Crippen LogP contribution < -0.4 is 20.1 Å². The molecule has 7 nitrogen and oxygen atoms in total. The van der Waals surface area contributed by atoms with Crippen molar-refractivity contribution in [2.45, 2.75) is 30.7 Å². The van der Waals surface area contributed by atoms with Crippen LogP contribution in [0.4, 0.5) is 5.69 Å². The number of hydrogen-bond acceptors (Lipinski definition) is 6. The van der Waals surface area contributed by atoms with Crippen molar-refractivity contribution in [3.05, 3.63) is 78.0 Å². The lowest BCUT2D eigenvalue weighted by Gasteiger charge is -2.13. The number of carbonyl (C=O) groups excluding carboxylic acids is 2. The van der Waals surface area contributed by atoms with E-state index < -0.39 is 0 Å². The summed E-state index contributed by atoms with van der Waals surface area (Å²) in [5.41, 5.74) is 2.19. The summed E-state index contributed by atoms with van der Waals surface area (Å²) in [5, 5.41) is 6.62. The van der Waals surface area contributed by atoms with Crippen molar-refractivity contribution in [2.24, 2.45) is 0 Å². The number of carbonyl (C=O) groups is 2. The highest BCUT2D eigenvalue weighted by Gasteiger charge is 2.13. The Morgan fingerprint density at radius 3 is 2.61 bits per heavy atom.